The Hall–Kier alpha value is -1.22. The van der Waals surface area contributed by atoms with Crippen LogP contribution in [0.2, 0.25) is 0 Å². The Morgan fingerprint density at radius 1 is 1.11 bits per heavy atom. The number of nitrogens with two attached hydrogens (primary N) is 1. The molecule has 3 N–H and O–H groups in total. The molecule has 1 aromatic rings. The minimum absolute atomic E-state index is 0.799. The SMILES string of the molecule is NCCCCCNc1ccc(OCC2CC2)cc1. The van der Waals surface area contributed by atoms with Crippen molar-refractivity contribution in [1.29, 1.82) is 0 Å². The molecule has 18 heavy (non-hydrogen) atoms. The maximum atomic E-state index is 5.70. The van der Waals surface area contributed by atoms with Gasteiger partial charge in [0.25, 0.3) is 0 Å². The molecule has 0 unspecified atom stereocenters. The van der Waals surface area contributed by atoms with Gasteiger partial charge in [-0.05, 0) is 62.4 Å². The van der Waals surface area contributed by atoms with Crippen LogP contribution in [0.1, 0.15) is 32.1 Å². The summed E-state index contributed by atoms with van der Waals surface area (Å²) in [6.45, 7) is 2.70. The third kappa shape index (κ3) is 4.96. The molecule has 3 nitrogen and oxygen atoms in total. The van der Waals surface area contributed by atoms with Crippen LogP contribution >= 0.6 is 0 Å². The Morgan fingerprint density at radius 3 is 2.56 bits per heavy atom. The molecule has 3 heteroatoms. The fourth-order valence-corrected chi connectivity index (χ4v) is 1.85. The van der Waals surface area contributed by atoms with Crippen LogP contribution in [0, 0.1) is 5.92 Å². The zero-order valence-electron chi connectivity index (χ0n) is 11.0. The van der Waals surface area contributed by atoms with Gasteiger partial charge in [0.2, 0.25) is 0 Å². The van der Waals surface area contributed by atoms with Crippen molar-refractivity contribution in [3.63, 3.8) is 0 Å². The van der Waals surface area contributed by atoms with Gasteiger partial charge in [0.15, 0.2) is 0 Å². The molecule has 0 aliphatic heterocycles. The number of nitrogens with one attached hydrogen (secondary N) is 1. The van der Waals surface area contributed by atoms with Crippen molar-refractivity contribution in [1.82, 2.24) is 0 Å². The van der Waals surface area contributed by atoms with Gasteiger partial charge in [-0.15, -0.1) is 0 Å². The fourth-order valence-electron chi connectivity index (χ4n) is 1.85. The molecule has 0 bridgehead atoms. The second-order valence-electron chi connectivity index (χ2n) is 5.05. The highest BCUT2D eigenvalue weighted by atomic mass is 16.5. The fraction of sp³-hybridized carbons (Fsp3) is 0.600. The van der Waals surface area contributed by atoms with Gasteiger partial charge >= 0.3 is 0 Å². The summed E-state index contributed by atoms with van der Waals surface area (Å²) >= 11 is 0. The van der Waals surface area contributed by atoms with Crippen LogP contribution in [-0.2, 0) is 0 Å². The summed E-state index contributed by atoms with van der Waals surface area (Å²) in [5.41, 5.74) is 6.63. The van der Waals surface area contributed by atoms with Gasteiger partial charge in [-0.3, -0.25) is 0 Å². The van der Waals surface area contributed by atoms with Gasteiger partial charge < -0.3 is 15.8 Å². The van der Waals surface area contributed by atoms with Crippen LogP contribution in [0.5, 0.6) is 5.75 Å². The number of hydrogen-bond acceptors (Lipinski definition) is 3. The number of anilines is 1. The number of rotatable bonds is 9. The van der Waals surface area contributed by atoms with Gasteiger partial charge in [-0.1, -0.05) is 6.42 Å². The van der Waals surface area contributed by atoms with Crippen LogP contribution < -0.4 is 15.8 Å². The number of ether oxygens (including phenoxy) is 1. The zero-order chi connectivity index (χ0) is 12.6. The van der Waals surface area contributed by atoms with Gasteiger partial charge in [0.05, 0.1) is 6.61 Å². The lowest BCUT2D eigenvalue weighted by atomic mass is 10.2. The van der Waals surface area contributed by atoms with Gasteiger partial charge in [0.1, 0.15) is 5.75 Å². The molecule has 1 fully saturated rings. The third-order valence-electron chi connectivity index (χ3n) is 3.25. The average Bonchev–Trinajstić information content (AvgIpc) is 3.22. The Kier molecular flexibility index (Phi) is 5.34. The maximum absolute atomic E-state index is 5.70. The van der Waals surface area contributed by atoms with E-state index in [1.54, 1.807) is 0 Å². The molecule has 0 aromatic heterocycles. The molecule has 0 spiro atoms. The summed E-state index contributed by atoms with van der Waals surface area (Å²) in [4.78, 5) is 0. The summed E-state index contributed by atoms with van der Waals surface area (Å²) in [6, 6.07) is 8.27. The van der Waals surface area contributed by atoms with Crippen molar-refractivity contribution in [2.24, 2.45) is 11.7 Å². The normalized spacial score (nSPS) is 14.5. The first-order chi connectivity index (χ1) is 8.88. The summed E-state index contributed by atoms with van der Waals surface area (Å²) in [5, 5.41) is 3.41. The standard InChI is InChI=1S/C15H24N2O/c16-10-2-1-3-11-17-14-6-8-15(9-7-14)18-12-13-4-5-13/h6-9,13,17H,1-5,10-12,16H2. The van der Waals surface area contributed by atoms with E-state index in [4.69, 9.17) is 10.5 Å². The molecule has 1 saturated carbocycles. The first-order valence-electron chi connectivity index (χ1n) is 7.05. The van der Waals surface area contributed by atoms with E-state index >= 15 is 0 Å². The van der Waals surface area contributed by atoms with Gasteiger partial charge in [-0.2, -0.15) is 0 Å². The molecule has 100 valence electrons. The van der Waals surface area contributed by atoms with E-state index in [0.29, 0.717) is 0 Å². The molecule has 1 aliphatic carbocycles. The van der Waals surface area contributed by atoms with Crippen molar-refractivity contribution in [3.8, 4) is 5.75 Å². The predicted octanol–water partition coefficient (Wildman–Crippen LogP) is 3.02. The quantitative estimate of drug-likeness (QED) is 0.660. The lowest BCUT2D eigenvalue weighted by molar-refractivity contribution is 0.300. The van der Waals surface area contributed by atoms with E-state index in [2.05, 4.69) is 17.4 Å². The highest BCUT2D eigenvalue weighted by Gasteiger charge is 2.21. The Bertz CT molecular complexity index is 333. The smallest absolute Gasteiger partial charge is 0.119 e. The van der Waals surface area contributed by atoms with Crippen molar-refractivity contribution in [3.05, 3.63) is 24.3 Å². The molecular formula is C15H24N2O. The largest absolute Gasteiger partial charge is 0.493 e. The van der Waals surface area contributed by atoms with Crippen molar-refractivity contribution >= 4 is 5.69 Å². The molecule has 2 rings (SSSR count). The topological polar surface area (TPSA) is 47.3 Å². The summed E-state index contributed by atoms with van der Waals surface area (Å²) in [5.74, 6) is 1.79. The second-order valence-corrected chi connectivity index (χ2v) is 5.05. The average molecular weight is 248 g/mol. The van der Waals surface area contributed by atoms with Crippen LogP contribution in [0.4, 0.5) is 5.69 Å². The molecular weight excluding hydrogens is 224 g/mol. The monoisotopic (exact) mass is 248 g/mol. The Morgan fingerprint density at radius 2 is 1.89 bits per heavy atom. The number of unbranched alkanes of at least 4 members (excludes halogenated alkanes) is 2. The van der Waals surface area contributed by atoms with E-state index in [1.165, 1.54) is 31.4 Å². The molecule has 0 atom stereocenters. The lowest BCUT2D eigenvalue weighted by Gasteiger charge is -2.08. The van der Waals surface area contributed by atoms with Crippen LogP contribution in [0.3, 0.4) is 0 Å². The van der Waals surface area contributed by atoms with E-state index in [1.807, 2.05) is 12.1 Å². The van der Waals surface area contributed by atoms with Crippen LogP contribution in [0.15, 0.2) is 24.3 Å². The lowest BCUT2D eigenvalue weighted by Crippen LogP contribution is -2.04. The highest BCUT2D eigenvalue weighted by Crippen LogP contribution is 2.29. The van der Waals surface area contributed by atoms with Crippen LogP contribution in [0.25, 0.3) is 0 Å². The van der Waals surface area contributed by atoms with Crippen molar-refractivity contribution in [2.75, 3.05) is 25.0 Å². The number of benzene rings is 1. The Balaban J connectivity index is 1.63. The summed E-state index contributed by atoms with van der Waals surface area (Å²) in [7, 11) is 0. The second kappa shape index (κ2) is 7.27. The van der Waals surface area contributed by atoms with Gasteiger partial charge in [-0.25, -0.2) is 0 Å². The summed E-state index contributed by atoms with van der Waals surface area (Å²) in [6.07, 6.45) is 6.17. The van der Waals surface area contributed by atoms with Gasteiger partial charge in [0, 0.05) is 12.2 Å². The van der Waals surface area contributed by atoms with E-state index in [9.17, 15) is 0 Å². The molecule has 0 saturated heterocycles. The molecule has 0 radical (unpaired) electrons. The zero-order valence-corrected chi connectivity index (χ0v) is 11.0. The predicted molar refractivity (Wildman–Crippen MR) is 76.1 cm³/mol. The van der Waals surface area contributed by atoms with E-state index in [-0.39, 0.29) is 0 Å². The Labute approximate surface area is 110 Å². The minimum Gasteiger partial charge on any atom is -0.493 e. The van der Waals surface area contributed by atoms with Crippen molar-refractivity contribution in [2.45, 2.75) is 32.1 Å². The minimum atomic E-state index is 0.799. The van der Waals surface area contributed by atoms with Crippen LogP contribution in [-0.4, -0.2) is 19.7 Å². The first kappa shape index (κ1) is 13.2. The molecule has 1 aromatic carbocycles. The third-order valence-corrected chi connectivity index (χ3v) is 3.25. The molecule has 0 amide bonds. The first-order valence-corrected chi connectivity index (χ1v) is 7.05. The summed E-state index contributed by atoms with van der Waals surface area (Å²) < 4.78 is 5.70. The van der Waals surface area contributed by atoms with E-state index < -0.39 is 0 Å². The molecule has 1 aliphatic rings. The number of hydrogen-bond donors (Lipinski definition) is 2. The van der Waals surface area contributed by atoms with E-state index in [0.717, 1.165) is 37.8 Å². The van der Waals surface area contributed by atoms with Crippen molar-refractivity contribution < 1.29 is 4.74 Å². The maximum Gasteiger partial charge on any atom is 0.119 e. The highest BCUT2D eigenvalue weighted by molar-refractivity contribution is 5.46. The molecule has 0 heterocycles.